The van der Waals surface area contributed by atoms with Crippen molar-refractivity contribution >= 4 is 5.78 Å². The van der Waals surface area contributed by atoms with Crippen molar-refractivity contribution in [2.75, 3.05) is 6.61 Å². The van der Waals surface area contributed by atoms with E-state index in [0.29, 0.717) is 13.0 Å². The van der Waals surface area contributed by atoms with Gasteiger partial charge in [-0.1, -0.05) is 24.8 Å². The average molecular weight is 190 g/mol. The summed E-state index contributed by atoms with van der Waals surface area (Å²) in [5.74, 6) is 0.917. The highest BCUT2D eigenvalue weighted by molar-refractivity contribution is 5.88. The van der Waals surface area contributed by atoms with Crippen LogP contribution in [-0.2, 0) is 4.79 Å². The molecule has 0 radical (unpaired) electrons. The lowest BCUT2D eigenvalue weighted by Gasteiger charge is -2.03. The van der Waals surface area contributed by atoms with E-state index in [1.165, 1.54) is 6.08 Å². The van der Waals surface area contributed by atoms with E-state index in [2.05, 4.69) is 6.58 Å². The second-order valence-corrected chi connectivity index (χ2v) is 2.94. The lowest BCUT2D eigenvalue weighted by molar-refractivity contribution is -0.114. The number of carbonyl (C=O) groups excluding carboxylic acids is 1. The molecule has 1 rings (SSSR count). The van der Waals surface area contributed by atoms with Crippen LogP contribution in [0.15, 0.2) is 43.0 Å². The molecule has 0 bridgehead atoms. The Labute approximate surface area is 84.2 Å². The Morgan fingerprint density at radius 1 is 1.36 bits per heavy atom. The molecule has 0 fully saturated rings. The van der Waals surface area contributed by atoms with Gasteiger partial charge < -0.3 is 4.74 Å². The number of rotatable bonds is 6. The predicted octanol–water partition coefficient (Wildman–Crippen LogP) is 2.60. The van der Waals surface area contributed by atoms with Crippen molar-refractivity contribution in [3.63, 3.8) is 0 Å². The highest BCUT2D eigenvalue weighted by atomic mass is 16.5. The summed E-state index contributed by atoms with van der Waals surface area (Å²) in [7, 11) is 0. The van der Waals surface area contributed by atoms with Gasteiger partial charge in [0.1, 0.15) is 5.75 Å². The van der Waals surface area contributed by atoms with Crippen molar-refractivity contribution in [2.24, 2.45) is 0 Å². The standard InChI is InChI=1S/C12H14O2/c1-2-11(13)7-6-10-14-12-8-4-3-5-9-12/h2-5,8-9H,1,6-7,10H2. The highest BCUT2D eigenvalue weighted by Crippen LogP contribution is 2.08. The maximum absolute atomic E-state index is 10.8. The lowest BCUT2D eigenvalue weighted by Crippen LogP contribution is -2.00. The highest BCUT2D eigenvalue weighted by Gasteiger charge is 1.96. The third-order valence-electron chi connectivity index (χ3n) is 1.81. The first-order chi connectivity index (χ1) is 6.83. The summed E-state index contributed by atoms with van der Waals surface area (Å²) < 4.78 is 5.41. The minimum absolute atomic E-state index is 0.0710. The van der Waals surface area contributed by atoms with Gasteiger partial charge in [0, 0.05) is 6.42 Å². The summed E-state index contributed by atoms with van der Waals surface area (Å²) in [6.45, 7) is 3.98. The SMILES string of the molecule is C=CC(=O)CCCOc1ccccc1. The van der Waals surface area contributed by atoms with Gasteiger partial charge in [-0.2, -0.15) is 0 Å². The third kappa shape index (κ3) is 3.90. The smallest absolute Gasteiger partial charge is 0.155 e. The molecule has 14 heavy (non-hydrogen) atoms. The van der Waals surface area contributed by atoms with E-state index < -0.39 is 0 Å². The number of ketones is 1. The fraction of sp³-hybridized carbons (Fsp3) is 0.250. The molecule has 0 heterocycles. The first-order valence-corrected chi connectivity index (χ1v) is 4.66. The molecule has 0 aliphatic carbocycles. The fourth-order valence-electron chi connectivity index (χ4n) is 1.06. The molecule has 1 aromatic carbocycles. The van der Waals surface area contributed by atoms with E-state index in [1.54, 1.807) is 0 Å². The molecule has 0 unspecified atom stereocenters. The molecule has 0 atom stereocenters. The zero-order chi connectivity index (χ0) is 10.2. The average Bonchev–Trinajstić information content (AvgIpc) is 2.25. The molecule has 0 saturated carbocycles. The van der Waals surface area contributed by atoms with Crippen LogP contribution in [0.5, 0.6) is 5.75 Å². The van der Waals surface area contributed by atoms with Crippen LogP contribution < -0.4 is 4.74 Å². The number of hydrogen-bond acceptors (Lipinski definition) is 2. The van der Waals surface area contributed by atoms with Crippen LogP contribution >= 0.6 is 0 Å². The van der Waals surface area contributed by atoms with Crippen molar-refractivity contribution in [1.29, 1.82) is 0 Å². The van der Waals surface area contributed by atoms with E-state index in [4.69, 9.17) is 4.74 Å². The predicted molar refractivity (Wildman–Crippen MR) is 56.4 cm³/mol. The van der Waals surface area contributed by atoms with Gasteiger partial charge in [-0.3, -0.25) is 4.79 Å². The fourth-order valence-corrected chi connectivity index (χ4v) is 1.06. The van der Waals surface area contributed by atoms with Gasteiger partial charge in [0.15, 0.2) is 5.78 Å². The van der Waals surface area contributed by atoms with Gasteiger partial charge in [-0.25, -0.2) is 0 Å². The zero-order valence-electron chi connectivity index (χ0n) is 8.11. The Balaban J connectivity index is 2.16. The molecule has 0 saturated heterocycles. The van der Waals surface area contributed by atoms with Crippen LogP contribution in [0.3, 0.4) is 0 Å². The molecule has 74 valence electrons. The Morgan fingerprint density at radius 3 is 2.71 bits per heavy atom. The van der Waals surface area contributed by atoms with Crippen molar-refractivity contribution in [2.45, 2.75) is 12.8 Å². The number of ether oxygens (including phenoxy) is 1. The van der Waals surface area contributed by atoms with Gasteiger partial charge in [0.2, 0.25) is 0 Å². The van der Waals surface area contributed by atoms with Gasteiger partial charge in [0.25, 0.3) is 0 Å². The zero-order valence-corrected chi connectivity index (χ0v) is 8.11. The van der Waals surface area contributed by atoms with Crippen molar-refractivity contribution in [1.82, 2.24) is 0 Å². The maximum atomic E-state index is 10.8. The molecule has 0 N–H and O–H groups in total. The summed E-state index contributed by atoms with van der Waals surface area (Å²) in [5.41, 5.74) is 0. The monoisotopic (exact) mass is 190 g/mol. The summed E-state index contributed by atoms with van der Waals surface area (Å²) in [6.07, 6.45) is 2.60. The van der Waals surface area contributed by atoms with E-state index in [9.17, 15) is 4.79 Å². The van der Waals surface area contributed by atoms with E-state index in [-0.39, 0.29) is 5.78 Å². The van der Waals surface area contributed by atoms with Crippen LogP contribution in [-0.4, -0.2) is 12.4 Å². The third-order valence-corrected chi connectivity index (χ3v) is 1.81. The van der Waals surface area contributed by atoms with Crippen molar-refractivity contribution in [3.05, 3.63) is 43.0 Å². The minimum Gasteiger partial charge on any atom is -0.494 e. The normalized spacial score (nSPS) is 9.43. The Bertz CT molecular complexity index is 290. The summed E-state index contributed by atoms with van der Waals surface area (Å²) in [6, 6.07) is 9.58. The van der Waals surface area contributed by atoms with Crippen LogP contribution in [0.1, 0.15) is 12.8 Å². The Hall–Kier alpha value is -1.57. The molecule has 2 heteroatoms. The molecular weight excluding hydrogens is 176 g/mol. The Kier molecular flexibility index (Phi) is 4.48. The second-order valence-electron chi connectivity index (χ2n) is 2.94. The van der Waals surface area contributed by atoms with Crippen LogP contribution in [0, 0.1) is 0 Å². The first-order valence-electron chi connectivity index (χ1n) is 4.66. The quantitative estimate of drug-likeness (QED) is 0.509. The van der Waals surface area contributed by atoms with Crippen molar-refractivity contribution in [3.8, 4) is 5.75 Å². The van der Waals surface area contributed by atoms with Gasteiger partial charge >= 0.3 is 0 Å². The first kappa shape index (κ1) is 10.5. The van der Waals surface area contributed by atoms with Crippen LogP contribution in [0.25, 0.3) is 0 Å². The van der Waals surface area contributed by atoms with Gasteiger partial charge in [-0.05, 0) is 24.6 Å². The number of carbonyl (C=O) groups is 1. The van der Waals surface area contributed by atoms with Crippen LogP contribution in [0.2, 0.25) is 0 Å². The second kappa shape index (κ2) is 5.97. The molecule has 0 aliphatic rings. The lowest BCUT2D eigenvalue weighted by atomic mass is 10.2. The molecule has 2 nitrogen and oxygen atoms in total. The van der Waals surface area contributed by atoms with E-state index >= 15 is 0 Å². The van der Waals surface area contributed by atoms with Crippen molar-refractivity contribution < 1.29 is 9.53 Å². The number of hydrogen-bond donors (Lipinski definition) is 0. The van der Waals surface area contributed by atoms with Gasteiger partial charge in [-0.15, -0.1) is 0 Å². The summed E-state index contributed by atoms with van der Waals surface area (Å²) in [5, 5.41) is 0. The molecule has 0 aromatic heterocycles. The van der Waals surface area contributed by atoms with E-state index in [1.807, 2.05) is 30.3 Å². The number of allylic oxidation sites excluding steroid dienone is 1. The maximum Gasteiger partial charge on any atom is 0.155 e. The summed E-state index contributed by atoms with van der Waals surface area (Å²) >= 11 is 0. The number of para-hydroxylation sites is 1. The van der Waals surface area contributed by atoms with Crippen LogP contribution in [0.4, 0.5) is 0 Å². The Morgan fingerprint density at radius 2 is 2.07 bits per heavy atom. The minimum atomic E-state index is 0.0710. The molecule has 0 aliphatic heterocycles. The molecule has 0 spiro atoms. The summed E-state index contributed by atoms with van der Waals surface area (Å²) in [4.78, 5) is 10.8. The van der Waals surface area contributed by atoms with Gasteiger partial charge in [0.05, 0.1) is 6.61 Å². The molecule has 0 amide bonds. The molecular formula is C12H14O2. The number of benzene rings is 1. The molecule has 1 aromatic rings. The topological polar surface area (TPSA) is 26.3 Å². The largest absolute Gasteiger partial charge is 0.494 e. The van der Waals surface area contributed by atoms with E-state index in [0.717, 1.165) is 12.2 Å².